The number of hydrogen-bond acceptors (Lipinski definition) is 3. The average molecular weight is 336 g/mol. The molecule has 0 saturated heterocycles. The maximum Gasteiger partial charge on any atom is 0.182 e. The molecule has 0 bridgehead atoms. The molecule has 2 N–H and O–H groups in total. The van der Waals surface area contributed by atoms with E-state index in [1.165, 1.54) is 0 Å². The summed E-state index contributed by atoms with van der Waals surface area (Å²) in [6.07, 6.45) is 0. The summed E-state index contributed by atoms with van der Waals surface area (Å²) in [5.41, 5.74) is 7.78. The summed E-state index contributed by atoms with van der Waals surface area (Å²) in [4.78, 5) is 0.367. The highest BCUT2D eigenvalue weighted by Gasteiger charge is 2.58. The smallest absolute Gasteiger partial charge is 0.182 e. The SMILES string of the molecule is Cc1ccc(S(=O)(=O)[C@@H]2[C@H](CN)[C@H]2c2cccc(Cl)c2)cc1. The maximum absolute atomic E-state index is 12.9. The highest BCUT2D eigenvalue weighted by molar-refractivity contribution is 7.92. The lowest BCUT2D eigenvalue weighted by atomic mass is 10.1. The van der Waals surface area contributed by atoms with E-state index in [1.54, 1.807) is 18.2 Å². The van der Waals surface area contributed by atoms with Gasteiger partial charge >= 0.3 is 0 Å². The zero-order valence-electron chi connectivity index (χ0n) is 12.2. The molecule has 0 radical (unpaired) electrons. The van der Waals surface area contributed by atoms with Crippen LogP contribution in [0.2, 0.25) is 5.02 Å². The van der Waals surface area contributed by atoms with E-state index in [2.05, 4.69) is 0 Å². The molecule has 1 aliphatic carbocycles. The number of hydrogen-bond donors (Lipinski definition) is 1. The van der Waals surface area contributed by atoms with Gasteiger partial charge in [-0.1, -0.05) is 41.4 Å². The number of halogens is 1. The normalized spacial score (nSPS) is 24.2. The maximum atomic E-state index is 12.9. The predicted molar refractivity (Wildman–Crippen MR) is 88.9 cm³/mol. The van der Waals surface area contributed by atoms with Crippen LogP contribution in [0.4, 0.5) is 0 Å². The van der Waals surface area contributed by atoms with E-state index in [0.717, 1.165) is 11.1 Å². The van der Waals surface area contributed by atoms with Crippen LogP contribution < -0.4 is 5.73 Å². The standard InChI is InChI=1S/C17H18ClNO2S/c1-11-5-7-14(8-6-11)22(20,21)17-15(10-19)16(17)12-3-2-4-13(18)9-12/h2-9,15-17H,10,19H2,1H3/t15-,16-,17-/m1/s1. The van der Waals surface area contributed by atoms with Gasteiger partial charge in [0.1, 0.15) is 0 Å². The number of nitrogens with two attached hydrogens (primary N) is 1. The highest BCUT2D eigenvalue weighted by atomic mass is 35.5. The minimum atomic E-state index is -3.38. The van der Waals surface area contributed by atoms with Crippen molar-refractivity contribution in [3.05, 3.63) is 64.7 Å². The van der Waals surface area contributed by atoms with Crippen LogP contribution in [0.3, 0.4) is 0 Å². The minimum absolute atomic E-state index is 0.0511. The fourth-order valence-corrected chi connectivity index (χ4v) is 5.51. The Bertz CT molecular complexity index is 787. The lowest BCUT2D eigenvalue weighted by Crippen LogP contribution is -2.13. The van der Waals surface area contributed by atoms with Gasteiger partial charge in [-0.05, 0) is 49.2 Å². The van der Waals surface area contributed by atoms with Crippen LogP contribution in [-0.2, 0) is 9.84 Å². The molecule has 1 fully saturated rings. The van der Waals surface area contributed by atoms with Gasteiger partial charge < -0.3 is 5.73 Å². The summed E-state index contributed by atoms with van der Waals surface area (Å²) >= 11 is 6.02. The van der Waals surface area contributed by atoms with Gasteiger partial charge in [0.2, 0.25) is 0 Å². The van der Waals surface area contributed by atoms with E-state index in [4.69, 9.17) is 17.3 Å². The van der Waals surface area contributed by atoms with Crippen molar-refractivity contribution in [2.45, 2.75) is 23.0 Å². The van der Waals surface area contributed by atoms with E-state index < -0.39 is 15.1 Å². The molecule has 116 valence electrons. The van der Waals surface area contributed by atoms with Crippen LogP contribution in [0.25, 0.3) is 0 Å². The Kier molecular flexibility index (Phi) is 4.02. The molecule has 3 nitrogen and oxygen atoms in total. The first kappa shape index (κ1) is 15.5. The summed E-state index contributed by atoms with van der Waals surface area (Å²) < 4.78 is 25.7. The van der Waals surface area contributed by atoms with Gasteiger partial charge in [0.15, 0.2) is 9.84 Å². The van der Waals surface area contributed by atoms with Gasteiger partial charge in [0, 0.05) is 10.9 Å². The first-order chi connectivity index (χ1) is 10.4. The zero-order chi connectivity index (χ0) is 15.9. The quantitative estimate of drug-likeness (QED) is 0.933. The molecule has 0 heterocycles. The summed E-state index contributed by atoms with van der Waals surface area (Å²) in [6, 6.07) is 14.4. The van der Waals surface area contributed by atoms with Crippen molar-refractivity contribution in [1.82, 2.24) is 0 Å². The second-order valence-corrected chi connectivity index (χ2v) is 8.35. The van der Waals surface area contributed by atoms with Gasteiger partial charge in [-0.2, -0.15) is 0 Å². The van der Waals surface area contributed by atoms with E-state index in [-0.39, 0.29) is 11.8 Å². The number of aryl methyl sites for hydroxylation is 1. The zero-order valence-corrected chi connectivity index (χ0v) is 13.8. The third-order valence-electron chi connectivity index (χ3n) is 4.31. The lowest BCUT2D eigenvalue weighted by Gasteiger charge is -2.05. The molecule has 22 heavy (non-hydrogen) atoms. The topological polar surface area (TPSA) is 60.2 Å². The van der Waals surface area contributed by atoms with E-state index in [0.29, 0.717) is 16.5 Å². The van der Waals surface area contributed by atoms with Gasteiger partial charge in [0.25, 0.3) is 0 Å². The monoisotopic (exact) mass is 335 g/mol. The Morgan fingerprint density at radius 3 is 2.41 bits per heavy atom. The molecule has 0 unspecified atom stereocenters. The molecular formula is C17H18ClNO2S. The van der Waals surface area contributed by atoms with Crippen LogP contribution in [0, 0.1) is 12.8 Å². The molecule has 5 heteroatoms. The van der Waals surface area contributed by atoms with Crippen molar-refractivity contribution in [3.8, 4) is 0 Å². The van der Waals surface area contributed by atoms with Crippen molar-refractivity contribution >= 4 is 21.4 Å². The molecule has 3 rings (SSSR count). The molecule has 0 aromatic heterocycles. The Morgan fingerprint density at radius 1 is 1.14 bits per heavy atom. The summed E-state index contributed by atoms with van der Waals surface area (Å²) in [5, 5.41) is 0.158. The predicted octanol–water partition coefficient (Wildman–Crippen LogP) is 3.16. The Balaban J connectivity index is 1.95. The molecular weight excluding hydrogens is 318 g/mol. The van der Waals surface area contributed by atoms with E-state index in [1.807, 2.05) is 37.3 Å². The van der Waals surface area contributed by atoms with E-state index in [9.17, 15) is 8.42 Å². The van der Waals surface area contributed by atoms with Crippen molar-refractivity contribution in [3.63, 3.8) is 0 Å². The van der Waals surface area contributed by atoms with Crippen LogP contribution in [0.1, 0.15) is 17.0 Å². The van der Waals surface area contributed by atoms with Crippen molar-refractivity contribution in [2.24, 2.45) is 11.7 Å². The van der Waals surface area contributed by atoms with Crippen LogP contribution in [-0.4, -0.2) is 20.2 Å². The van der Waals surface area contributed by atoms with Crippen molar-refractivity contribution in [2.75, 3.05) is 6.54 Å². The second-order valence-electron chi connectivity index (χ2n) is 5.80. The summed E-state index contributed by atoms with van der Waals surface area (Å²) in [5.74, 6) is -0.125. The Labute approximate surface area is 136 Å². The van der Waals surface area contributed by atoms with Crippen LogP contribution >= 0.6 is 11.6 Å². The molecule has 0 spiro atoms. The van der Waals surface area contributed by atoms with Crippen molar-refractivity contribution < 1.29 is 8.42 Å². The first-order valence-corrected chi connectivity index (χ1v) is 9.13. The molecule has 1 aliphatic rings. The van der Waals surface area contributed by atoms with Gasteiger partial charge in [0.05, 0.1) is 10.1 Å². The van der Waals surface area contributed by atoms with Gasteiger partial charge in [-0.25, -0.2) is 8.42 Å². The van der Waals surface area contributed by atoms with E-state index >= 15 is 0 Å². The molecule has 2 aromatic rings. The third-order valence-corrected chi connectivity index (χ3v) is 6.83. The Morgan fingerprint density at radius 2 is 1.82 bits per heavy atom. The number of rotatable bonds is 4. The molecule has 2 aromatic carbocycles. The number of sulfone groups is 1. The molecule has 0 aliphatic heterocycles. The summed E-state index contributed by atoms with van der Waals surface area (Å²) in [6.45, 7) is 2.29. The molecule has 3 atom stereocenters. The van der Waals surface area contributed by atoms with Crippen LogP contribution in [0.5, 0.6) is 0 Å². The third kappa shape index (κ3) is 2.67. The van der Waals surface area contributed by atoms with Crippen molar-refractivity contribution in [1.29, 1.82) is 0 Å². The van der Waals surface area contributed by atoms with Crippen LogP contribution in [0.15, 0.2) is 53.4 Å². The fraction of sp³-hybridized carbons (Fsp3) is 0.294. The molecule has 1 saturated carbocycles. The highest BCUT2D eigenvalue weighted by Crippen LogP contribution is 2.53. The first-order valence-electron chi connectivity index (χ1n) is 7.21. The Hall–Kier alpha value is -1.36. The minimum Gasteiger partial charge on any atom is -0.330 e. The lowest BCUT2D eigenvalue weighted by molar-refractivity contribution is 0.591. The second kappa shape index (κ2) is 5.69. The summed E-state index contributed by atoms with van der Waals surface area (Å²) in [7, 11) is -3.38. The van der Waals surface area contributed by atoms with Gasteiger partial charge in [-0.15, -0.1) is 0 Å². The largest absolute Gasteiger partial charge is 0.330 e. The molecule has 0 amide bonds. The van der Waals surface area contributed by atoms with Gasteiger partial charge in [-0.3, -0.25) is 0 Å². The average Bonchev–Trinajstić information content (AvgIpc) is 3.23. The fourth-order valence-electron chi connectivity index (χ4n) is 3.08. The number of benzene rings is 2.